The Bertz CT molecular complexity index is 365. The van der Waals surface area contributed by atoms with Crippen molar-refractivity contribution < 1.29 is 0 Å². The summed E-state index contributed by atoms with van der Waals surface area (Å²) in [7, 11) is 0. The molecule has 1 aliphatic rings. The van der Waals surface area contributed by atoms with Gasteiger partial charge in [0.05, 0.1) is 0 Å². The minimum Gasteiger partial charge on any atom is -0.310 e. The third-order valence-electron chi connectivity index (χ3n) is 3.20. The molecule has 0 saturated carbocycles. The third-order valence-corrected chi connectivity index (χ3v) is 3.52. The Hall–Kier alpha value is -0.790. The van der Waals surface area contributed by atoms with Gasteiger partial charge in [0.1, 0.15) is 0 Å². The SMILES string of the molecule is C=Cc1ccc(C2CCCCCN2)c(Cl)c1. The van der Waals surface area contributed by atoms with Gasteiger partial charge in [-0.25, -0.2) is 0 Å². The van der Waals surface area contributed by atoms with Crippen molar-refractivity contribution >= 4 is 17.7 Å². The first kappa shape index (κ1) is 11.7. The van der Waals surface area contributed by atoms with Crippen molar-refractivity contribution in [3.05, 3.63) is 40.9 Å². The molecule has 1 nitrogen and oxygen atoms in total. The summed E-state index contributed by atoms with van der Waals surface area (Å²) in [5.74, 6) is 0. The van der Waals surface area contributed by atoms with E-state index < -0.39 is 0 Å². The fourth-order valence-corrected chi connectivity index (χ4v) is 2.57. The summed E-state index contributed by atoms with van der Waals surface area (Å²) in [6.07, 6.45) is 6.91. The van der Waals surface area contributed by atoms with Crippen molar-refractivity contribution in [3.8, 4) is 0 Å². The Balaban J connectivity index is 2.21. The Morgan fingerprint density at radius 3 is 2.94 bits per heavy atom. The van der Waals surface area contributed by atoms with Crippen LogP contribution in [0, 0.1) is 0 Å². The van der Waals surface area contributed by atoms with E-state index in [-0.39, 0.29) is 0 Å². The molecule has 2 rings (SSSR count). The van der Waals surface area contributed by atoms with E-state index in [0.29, 0.717) is 6.04 Å². The summed E-state index contributed by atoms with van der Waals surface area (Å²) in [5, 5.41) is 4.42. The zero-order valence-corrected chi connectivity index (χ0v) is 10.3. The van der Waals surface area contributed by atoms with Crippen LogP contribution in [0.3, 0.4) is 0 Å². The van der Waals surface area contributed by atoms with E-state index in [1.165, 1.54) is 31.2 Å². The average molecular weight is 236 g/mol. The van der Waals surface area contributed by atoms with Gasteiger partial charge in [-0.3, -0.25) is 0 Å². The molecule has 0 radical (unpaired) electrons. The number of hydrogen-bond acceptors (Lipinski definition) is 1. The molecule has 0 aliphatic carbocycles. The van der Waals surface area contributed by atoms with Crippen molar-refractivity contribution in [3.63, 3.8) is 0 Å². The van der Waals surface area contributed by atoms with Gasteiger partial charge < -0.3 is 5.32 Å². The van der Waals surface area contributed by atoms with Crippen LogP contribution in [0.1, 0.15) is 42.9 Å². The molecular formula is C14H18ClN. The summed E-state index contributed by atoms with van der Waals surface area (Å²) >= 11 is 6.31. The molecule has 1 unspecified atom stereocenters. The predicted octanol–water partition coefficient (Wildman–Crippen LogP) is 4.19. The van der Waals surface area contributed by atoms with Crippen LogP contribution in [0.4, 0.5) is 0 Å². The van der Waals surface area contributed by atoms with Gasteiger partial charge in [0.15, 0.2) is 0 Å². The highest BCUT2D eigenvalue weighted by Crippen LogP contribution is 2.29. The lowest BCUT2D eigenvalue weighted by Gasteiger charge is -2.17. The Kier molecular flexibility index (Phi) is 4.03. The topological polar surface area (TPSA) is 12.0 Å². The van der Waals surface area contributed by atoms with Gasteiger partial charge >= 0.3 is 0 Å². The van der Waals surface area contributed by atoms with E-state index in [2.05, 4.69) is 24.0 Å². The standard InChI is InChI=1S/C14H18ClN/c1-2-11-7-8-12(13(15)10-11)14-6-4-3-5-9-16-14/h2,7-8,10,14,16H,1,3-6,9H2. The maximum Gasteiger partial charge on any atom is 0.0459 e. The van der Waals surface area contributed by atoms with Crippen molar-refractivity contribution in [2.45, 2.75) is 31.7 Å². The van der Waals surface area contributed by atoms with Crippen molar-refractivity contribution in [2.75, 3.05) is 6.54 Å². The molecule has 0 amide bonds. The first-order valence-electron chi connectivity index (χ1n) is 5.96. The van der Waals surface area contributed by atoms with Gasteiger partial charge in [-0.1, -0.05) is 49.2 Å². The van der Waals surface area contributed by atoms with Crippen LogP contribution in [0.25, 0.3) is 6.08 Å². The molecule has 1 N–H and O–H groups in total. The highest BCUT2D eigenvalue weighted by molar-refractivity contribution is 6.31. The van der Waals surface area contributed by atoms with Gasteiger partial charge in [-0.05, 0) is 36.6 Å². The molecule has 0 aromatic heterocycles. The van der Waals surface area contributed by atoms with Gasteiger partial charge in [-0.2, -0.15) is 0 Å². The largest absolute Gasteiger partial charge is 0.310 e. The zero-order chi connectivity index (χ0) is 11.4. The highest BCUT2D eigenvalue weighted by atomic mass is 35.5. The normalized spacial score (nSPS) is 21.4. The molecule has 1 aromatic rings. The monoisotopic (exact) mass is 235 g/mol. The number of rotatable bonds is 2. The highest BCUT2D eigenvalue weighted by Gasteiger charge is 2.15. The Labute approximate surface area is 103 Å². The van der Waals surface area contributed by atoms with E-state index in [1.54, 1.807) is 0 Å². The molecule has 1 saturated heterocycles. The summed E-state index contributed by atoms with van der Waals surface area (Å²) in [6, 6.07) is 6.63. The maximum absolute atomic E-state index is 6.31. The molecule has 1 fully saturated rings. The lowest BCUT2D eigenvalue weighted by Crippen LogP contribution is -2.20. The molecule has 1 aromatic carbocycles. The summed E-state index contributed by atoms with van der Waals surface area (Å²) < 4.78 is 0. The second kappa shape index (κ2) is 5.51. The van der Waals surface area contributed by atoms with Crippen LogP contribution in [0.2, 0.25) is 5.02 Å². The van der Waals surface area contributed by atoms with E-state index in [1.807, 2.05) is 12.1 Å². The quantitative estimate of drug-likeness (QED) is 0.811. The Morgan fingerprint density at radius 1 is 1.31 bits per heavy atom. The molecule has 1 atom stereocenters. The molecule has 0 bridgehead atoms. The van der Waals surface area contributed by atoms with E-state index in [0.717, 1.165) is 17.1 Å². The van der Waals surface area contributed by atoms with Gasteiger partial charge in [-0.15, -0.1) is 0 Å². The third kappa shape index (κ3) is 2.66. The fraction of sp³-hybridized carbons (Fsp3) is 0.429. The first-order chi connectivity index (χ1) is 7.81. The smallest absolute Gasteiger partial charge is 0.0459 e. The minimum absolute atomic E-state index is 0.425. The van der Waals surface area contributed by atoms with Crippen LogP contribution < -0.4 is 5.32 Å². The van der Waals surface area contributed by atoms with E-state index in [9.17, 15) is 0 Å². The van der Waals surface area contributed by atoms with E-state index in [4.69, 9.17) is 11.6 Å². The molecule has 1 aliphatic heterocycles. The van der Waals surface area contributed by atoms with Crippen LogP contribution in [-0.2, 0) is 0 Å². The Morgan fingerprint density at radius 2 is 2.19 bits per heavy atom. The first-order valence-corrected chi connectivity index (χ1v) is 6.34. The molecule has 1 heterocycles. The average Bonchev–Trinajstić information content (AvgIpc) is 2.57. The molecule has 2 heteroatoms. The zero-order valence-electron chi connectivity index (χ0n) is 9.51. The molecular weight excluding hydrogens is 218 g/mol. The predicted molar refractivity (Wildman–Crippen MR) is 70.8 cm³/mol. The van der Waals surface area contributed by atoms with E-state index >= 15 is 0 Å². The second-order valence-corrected chi connectivity index (χ2v) is 4.75. The van der Waals surface area contributed by atoms with Gasteiger partial charge in [0.25, 0.3) is 0 Å². The molecule has 16 heavy (non-hydrogen) atoms. The number of benzene rings is 1. The number of hydrogen-bond donors (Lipinski definition) is 1. The molecule has 0 spiro atoms. The van der Waals surface area contributed by atoms with Gasteiger partial charge in [0.2, 0.25) is 0 Å². The molecule has 86 valence electrons. The lowest BCUT2D eigenvalue weighted by molar-refractivity contribution is 0.535. The summed E-state index contributed by atoms with van der Waals surface area (Å²) in [6.45, 7) is 4.86. The van der Waals surface area contributed by atoms with Crippen molar-refractivity contribution in [1.82, 2.24) is 5.32 Å². The van der Waals surface area contributed by atoms with Crippen LogP contribution in [0.5, 0.6) is 0 Å². The minimum atomic E-state index is 0.425. The summed E-state index contributed by atoms with van der Waals surface area (Å²) in [5.41, 5.74) is 2.32. The lowest BCUT2D eigenvalue weighted by atomic mass is 10.0. The van der Waals surface area contributed by atoms with Gasteiger partial charge in [0, 0.05) is 11.1 Å². The fourth-order valence-electron chi connectivity index (χ4n) is 2.25. The second-order valence-electron chi connectivity index (χ2n) is 4.34. The van der Waals surface area contributed by atoms with Crippen molar-refractivity contribution in [1.29, 1.82) is 0 Å². The maximum atomic E-state index is 6.31. The van der Waals surface area contributed by atoms with Crippen molar-refractivity contribution in [2.24, 2.45) is 0 Å². The van der Waals surface area contributed by atoms with Crippen LogP contribution in [0.15, 0.2) is 24.8 Å². The number of halogens is 1. The van der Waals surface area contributed by atoms with Crippen LogP contribution >= 0.6 is 11.6 Å². The van der Waals surface area contributed by atoms with Crippen LogP contribution in [-0.4, -0.2) is 6.54 Å². The number of nitrogens with one attached hydrogen (secondary N) is 1. The summed E-state index contributed by atoms with van der Waals surface area (Å²) in [4.78, 5) is 0.